The molecule has 0 radical (unpaired) electrons. The number of likely N-dealkylation sites (tertiary alicyclic amines) is 1. The number of nitrogens with zero attached hydrogens (tertiary/aromatic N) is 1. The smallest absolute Gasteiger partial charge is 0.237 e. The molecule has 2 fully saturated rings. The SMILES string of the molecule is CN[C@@H](CC(C)C)C(=O)NC1CC[C@H]2CN(Cc3ccccc3)CC12. The second kappa shape index (κ2) is 8.33. The zero-order valence-electron chi connectivity index (χ0n) is 15.9. The summed E-state index contributed by atoms with van der Waals surface area (Å²) in [6.45, 7) is 7.65. The fraction of sp³-hybridized carbons (Fsp3) is 0.667. The molecule has 2 N–H and O–H groups in total. The molecule has 1 heterocycles. The van der Waals surface area contributed by atoms with Crippen molar-refractivity contribution >= 4 is 5.91 Å². The van der Waals surface area contributed by atoms with Crippen LogP contribution >= 0.6 is 0 Å². The molecule has 1 saturated carbocycles. The summed E-state index contributed by atoms with van der Waals surface area (Å²) in [5, 5.41) is 6.55. The van der Waals surface area contributed by atoms with Gasteiger partial charge in [-0.1, -0.05) is 44.2 Å². The lowest BCUT2D eigenvalue weighted by Gasteiger charge is -2.25. The molecule has 2 aliphatic rings. The number of carbonyl (C=O) groups is 1. The highest BCUT2D eigenvalue weighted by Gasteiger charge is 2.43. The molecule has 4 nitrogen and oxygen atoms in total. The van der Waals surface area contributed by atoms with Gasteiger partial charge in [0.05, 0.1) is 6.04 Å². The van der Waals surface area contributed by atoms with E-state index in [1.165, 1.54) is 18.5 Å². The molecule has 4 heteroatoms. The van der Waals surface area contributed by atoms with Crippen molar-refractivity contribution < 1.29 is 4.79 Å². The fourth-order valence-electron chi connectivity index (χ4n) is 4.62. The van der Waals surface area contributed by atoms with Crippen LogP contribution in [-0.4, -0.2) is 43.0 Å². The molecule has 1 aliphatic heterocycles. The number of likely N-dealkylation sites (N-methyl/N-ethyl adjacent to an activating group) is 1. The first kappa shape index (κ1) is 18.4. The van der Waals surface area contributed by atoms with Crippen LogP contribution in [0.25, 0.3) is 0 Å². The van der Waals surface area contributed by atoms with Gasteiger partial charge in [-0.3, -0.25) is 9.69 Å². The third kappa shape index (κ3) is 4.62. The Bertz CT molecular complexity index is 560. The van der Waals surface area contributed by atoms with Crippen LogP contribution in [0, 0.1) is 17.8 Å². The molecular weight excluding hydrogens is 310 g/mol. The van der Waals surface area contributed by atoms with Crippen molar-refractivity contribution in [2.75, 3.05) is 20.1 Å². The van der Waals surface area contributed by atoms with Crippen molar-refractivity contribution in [1.29, 1.82) is 0 Å². The molecule has 2 unspecified atom stereocenters. The molecule has 25 heavy (non-hydrogen) atoms. The summed E-state index contributed by atoms with van der Waals surface area (Å²) >= 11 is 0. The summed E-state index contributed by atoms with van der Waals surface area (Å²) in [6, 6.07) is 11.0. The lowest BCUT2D eigenvalue weighted by atomic mass is 9.97. The Morgan fingerprint density at radius 3 is 2.64 bits per heavy atom. The van der Waals surface area contributed by atoms with Crippen molar-refractivity contribution in [3.63, 3.8) is 0 Å². The third-order valence-electron chi connectivity index (χ3n) is 5.88. The largest absolute Gasteiger partial charge is 0.352 e. The van der Waals surface area contributed by atoms with Crippen LogP contribution in [0.1, 0.15) is 38.7 Å². The number of benzene rings is 1. The van der Waals surface area contributed by atoms with Gasteiger partial charge >= 0.3 is 0 Å². The monoisotopic (exact) mass is 343 g/mol. The van der Waals surface area contributed by atoms with E-state index in [1.54, 1.807) is 0 Å². The molecule has 1 aromatic carbocycles. The van der Waals surface area contributed by atoms with Crippen LogP contribution in [0.4, 0.5) is 0 Å². The molecule has 1 amide bonds. The van der Waals surface area contributed by atoms with Gasteiger partial charge in [0.15, 0.2) is 0 Å². The topological polar surface area (TPSA) is 44.4 Å². The Kier molecular flexibility index (Phi) is 6.13. The molecule has 4 atom stereocenters. The van der Waals surface area contributed by atoms with Crippen molar-refractivity contribution in [2.45, 2.75) is 51.7 Å². The molecule has 0 spiro atoms. The maximum Gasteiger partial charge on any atom is 0.237 e. The van der Waals surface area contributed by atoms with Gasteiger partial charge < -0.3 is 10.6 Å². The van der Waals surface area contributed by atoms with E-state index in [9.17, 15) is 4.79 Å². The summed E-state index contributed by atoms with van der Waals surface area (Å²) in [7, 11) is 1.89. The lowest BCUT2D eigenvalue weighted by Crippen LogP contribution is -2.49. The van der Waals surface area contributed by atoms with E-state index in [0.29, 0.717) is 17.9 Å². The zero-order chi connectivity index (χ0) is 17.8. The van der Waals surface area contributed by atoms with E-state index in [0.717, 1.165) is 31.8 Å². The quantitative estimate of drug-likeness (QED) is 0.800. The standard InChI is InChI=1S/C21H33N3O/c1-15(2)11-20(22-3)21(25)23-19-10-9-17-13-24(14-18(17)19)12-16-7-5-4-6-8-16/h4-8,15,17-20,22H,9-14H2,1-3H3,(H,23,25)/t17-,18?,19?,20-/m0/s1. The van der Waals surface area contributed by atoms with E-state index in [2.05, 4.69) is 59.7 Å². The fourth-order valence-corrected chi connectivity index (χ4v) is 4.62. The predicted molar refractivity (Wildman–Crippen MR) is 102 cm³/mol. The van der Waals surface area contributed by atoms with Crippen molar-refractivity contribution in [2.24, 2.45) is 17.8 Å². The minimum absolute atomic E-state index is 0.0686. The van der Waals surface area contributed by atoms with Gasteiger partial charge in [0.2, 0.25) is 5.91 Å². The number of hydrogen-bond acceptors (Lipinski definition) is 3. The Labute approximate surface area is 152 Å². The minimum Gasteiger partial charge on any atom is -0.352 e. The van der Waals surface area contributed by atoms with E-state index in [1.807, 2.05) is 7.05 Å². The van der Waals surface area contributed by atoms with Gasteiger partial charge in [0, 0.05) is 25.7 Å². The maximum absolute atomic E-state index is 12.6. The molecule has 1 saturated heterocycles. The number of fused-ring (bicyclic) bond motifs is 1. The van der Waals surface area contributed by atoms with Gasteiger partial charge in [0.25, 0.3) is 0 Å². The third-order valence-corrected chi connectivity index (χ3v) is 5.88. The Morgan fingerprint density at radius 1 is 1.20 bits per heavy atom. The van der Waals surface area contributed by atoms with Crippen LogP contribution in [0.3, 0.4) is 0 Å². The van der Waals surface area contributed by atoms with Gasteiger partial charge in [-0.25, -0.2) is 0 Å². The number of nitrogens with one attached hydrogen (secondary N) is 2. The highest BCUT2D eigenvalue weighted by molar-refractivity contribution is 5.82. The summed E-state index contributed by atoms with van der Waals surface area (Å²) in [5.41, 5.74) is 1.38. The Morgan fingerprint density at radius 2 is 1.96 bits per heavy atom. The molecule has 1 aromatic rings. The Balaban J connectivity index is 1.54. The normalized spacial score (nSPS) is 27.4. The zero-order valence-corrected chi connectivity index (χ0v) is 15.9. The Hall–Kier alpha value is -1.39. The van der Waals surface area contributed by atoms with E-state index in [4.69, 9.17) is 0 Å². The first-order valence-electron chi connectivity index (χ1n) is 9.80. The average Bonchev–Trinajstić information content (AvgIpc) is 3.14. The summed E-state index contributed by atoms with van der Waals surface area (Å²) in [5.74, 6) is 2.06. The summed E-state index contributed by atoms with van der Waals surface area (Å²) in [4.78, 5) is 15.2. The molecule has 0 bridgehead atoms. The average molecular weight is 344 g/mol. The van der Waals surface area contributed by atoms with Crippen molar-refractivity contribution in [1.82, 2.24) is 15.5 Å². The van der Waals surface area contributed by atoms with Crippen LogP contribution in [0.15, 0.2) is 30.3 Å². The molecular formula is C21H33N3O. The molecule has 3 rings (SSSR count). The van der Waals surface area contributed by atoms with E-state index >= 15 is 0 Å². The predicted octanol–water partition coefficient (Wildman–Crippen LogP) is 2.65. The van der Waals surface area contributed by atoms with Gasteiger partial charge in [-0.15, -0.1) is 0 Å². The van der Waals surface area contributed by atoms with Crippen molar-refractivity contribution in [3.8, 4) is 0 Å². The second-order valence-electron chi connectivity index (χ2n) is 8.27. The van der Waals surface area contributed by atoms with Crippen molar-refractivity contribution in [3.05, 3.63) is 35.9 Å². The van der Waals surface area contributed by atoms with Gasteiger partial charge in [-0.2, -0.15) is 0 Å². The number of carbonyl (C=O) groups excluding carboxylic acids is 1. The van der Waals surface area contributed by atoms with Gasteiger partial charge in [-0.05, 0) is 49.6 Å². The van der Waals surface area contributed by atoms with E-state index in [-0.39, 0.29) is 11.9 Å². The maximum atomic E-state index is 12.6. The number of rotatable bonds is 7. The first-order chi connectivity index (χ1) is 12.1. The van der Waals surface area contributed by atoms with Crippen LogP contribution in [-0.2, 0) is 11.3 Å². The van der Waals surface area contributed by atoms with Gasteiger partial charge in [0.1, 0.15) is 0 Å². The minimum atomic E-state index is -0.0686. The van der Waals surface area contributed by atoms with Crippen LogP contribution < -0.4 is 10.6 Å². The highest BCUT2D eigenvalue weighted by Crippen LogP contribution is 2.38. The van der Waals surface area contributed by atoms with E-state index < -0.39 is 0 Å². The summed E-state index contributed by atoms with van der Waals surface area (Å²) < 4.78 is 0. The summed E-state index contributed by atoms with van der Waals surface area (Å²) in [6.07, 6.45) is 3.27. The highest BCUT2D eigenvalue weighted by atomic mass is 16.2. The second-order valence-corrected chi connectivity index (χ2v) is 8.27. The molecule has 138 valence electrons. The molecule has 1 aliphatic carbocycles. The molecule has 0 aromatic heterocycles. The number of hydrogen-bond donors (Lipinski definition) is 2. The lowest BCUT2D eigenvalue weighted by molar-refractivity contribution is -0.124. The van der Waals surface area contributed by atoms with Crippen LogP contribution in [0.2, 0.25) is 0 Å². The first-order valence-corrected chi connectivity index (χ1v) is 9.80. The number of amides is 1. The van der Waals surface area contributed by atoms with Crippen LogP contribution in [0.5, 0.6) is 0 Å².